The Morgan fingerprint density at radius 2 is 1.73 bits per heavy atom. The third-order valence-corrected chi connectivity index (χ3v) is 3.49. The summed E-state index contributed by atoms with van der Waals surface area (Å²) >= 11 is 0. The summed E-state index contributed by atoms with van der Waals surface area (Å²) in [6.45, 7) is 11.5. The molecule has 1 heterocycles. The van der Waals surface area contributed by atoms with Crippen LogP contribution in [0.1, 0.15) is 27.7 Å². The molecule has 1 saturated heterocycles. The molecule has 88 valence electrons. The van der Waals surface area contributed by atoms with Crippen molar-refractivity contribution < 1.29 is 9.90 Å². The van der Waals surface area contributed by atoms with Crippen LogP contribution in [0.15, 0.2) is 0 Å². The average molecular weight is 213 g/mol. The summed E-state index contributed by atoms with van der Waals surface area (Å²) in [4.78, 5) is 12.9. The van der Waals surface area contributed by atoms with Gasteiger partial charge in [-0.3, -0.25) is 4.79 Å². The highest BCUT2D eigenvalue weighted by Crippen LogP contribution is 2.25. The van der Waals surface area contributed by atoms with E-state index in [0.29, 0.717) is 17.8 Å². The second-order valence-electron chi connectivity index (χ2n) is 5.41. The largest absolute Gasteiger partial charge is 0.481 e. The molecule has 0 aromatic heterocycles. The first-order chi connectivity index (χ1) is 6.91. The van der Waals surface area contributed by atoms with Crippen LogP contribution >= 0.6 is 0 Å². The summed E-state index contributed by atoms with van der Waals surface area (Å²) in [5, 5.41) is 8.78. The highest BCUT2D eigenvalue weighted by atomic mass is 16.4. The number of nitrogens with zero attached hydrogens (tertiary/aromatic N) is 1. The van der Waals surface area contributed by atoms with Gasteiger partial charge in [0.2, 0.25) is 0 Å². The van der Waals surface area contributed by atoms with Crippen LogP contribution in [0.2, 0.25) is 0 Å². The van der Waals surface area contributed by atoms with E-state index in [9.17, 15) is 4.79 Å². The molecule has 1 aliphatic heterocycles. The lowest BCUT2D eigenvalue weighted by atomic mass is 9.84. The van der Waals surface area contributed by atoms with Gasteiger partial charge in [-0.05, 0) is 17.8 Å². The normalized spacial score (nSPS) is 18.9. The van der Waals surface area contributed by atoms with Crippen LogP contribution in [0, 0.1) is 23.7 Å². The molecular formula is C12H23NO2. The van der Waals surface area contributed by atoms with Gasteiger partial charge in [0.05, 0.1) is 5.92 Å². The van der Waals surface area contributed by atoms with Crippen molar-refractivity contribution in [2.75, 3.05) is 19.6 Å². The zero-order chi connectivity index (χ0) is 11.6. The maximum atomic E-state index is 10.7. The second-order valence-corrected chi connectivity index (χ2v) is 5.41. The van der Waals surface area contributed by atoms with Crippen molar-refractivity contribution in [3.05, 3.63) is 0 Å². The maximum Gasteiger partial charge on any atom is 0.309 e. The third kappa shape index (κ3) is 3.20. The van der Waals surface area contributed by atoms with Crippen LogP contribution < -0.4 is 0 Å². The minimum Gasteiger partial charge on any atom is -0.481 e. The highest BCUT2D eigenvalue weighted by Gasteiger charge is 2.34. The Morgan fingerprint density at radius 1 is 1.27 bits per heavy atom. The lowest BCUT2D eigenvalue weighted by Crippen LogP contribution is -2.52. The first kappa shape index (κ1) is 12.5. The van der Waals surface area contributed by atoms with Gasteiger partial charge >= 0.3 is 5.97 Å². The van der Waals surface area contributed by atoms with Crippen LogP contribution in [0.5, 0.6) is 0 Å². The number of carboxylic acid groups (broad SMARTS) is 1. The summed E-state index contributed by atoms with van der Waals surface area (Å²) in [6.07, 6.45) is 0. The lowest BCUT2D eigenvalue weighted by Gasteiger charge is -2.40. The molecule has 0 saturated carbocycles. The Kier molecular flexibility index (Phi) is 4.14. The van der Waals surface area contributed by atoms with Crippen molar-refractivity contribution in [2.45, 2.75) is 27.7 Å². The fraction of sp³-hybridized carbons (Fsp3) is 0.917. The Labute approximate surface area is 92.5 Å². The van der Waals surface area contributed by atoms with E-state index in [1.807, 2.05) is 0 Å². The summed E-state index contributed by atoms with van der Waals surface area (Å²) < 4.78 is 0. The van der Waals surface area contributed by atoms with Crippen molar-refractivity contribution in [3.63, 3.8) is 0 Å². The van der Waals surface area contributed by atoms with Gasteiger partial charge in [-0.15, -0.1) is 0 Å². The van der Waals surface area contributed by atoms with Crippen LogP contribution in [0.4, 0.5) is 0 Å². The third-order valence-electron chi connectivity index (χ3n) is 3.49. The topological polar surface area (TPSA) is 40.5 Å². The molecule has 0 aromatic rings. The molecule has 0 aliphatic carbocycles. The SMILES string of the molecule is CC(C)C(CN1CC(C(=O)O)C1)C(C)C. The Hall–Kier alpha value is -0.570. The molecule has 0 bridgehead atoms. The quantitative estimate of drug-likeness (QED) is 0.758. The van der Waals surface area contributed by atoms with Crippen LogP contribution in [-0.2, 0) is 4.79 Å². The molecule has 0 aromatic carbocycles. The monoisotopic (exact) mass is 213 g/mol. The van der Waals surface area contributed by atoms with Gasteiger partial charge in [0.1, 0.15) is 0 Å². The number of aliphatic carboxylic acids is 1. The fourth-order valence-corrected chi connectivity index (χ4v) is 2.36. The van der Waals surface area contributed by atoms with E-state index < -0.39 is 5.97 Å². The molecule has 3 heteroatoms. The van der Waals surface area contributed by atoms with Gasteiger partial charge in [0, 0.05) is 19.6 Å². The van der Waals surface area contributed by atoms with E-state index in [2.05, 4.69) is 32.6 Å². The van der Waals surface area contributed by atoms with Crippen molar-refractivity contribution in [1.29, 1.82) is 0 Å². The second kappa shape index (κ2) is 4.97. The molecule has 1 fully saturated rings. The van der Waals surface area contributed by atoms with E-state index in [-0.39, 0.29) is 5.92 Å². The van der Waals surface area contributed by atoms with Gasteiger partial charge in [0.15, 0.2) is 0 Å². The van der Waals surface area contributed by atoms with E-state index in [1.165, 1.54) is 0 Å². The predicted octanol–water partition coefficient (Wildman–Crippen LogP) is 1.93. The molecule has 0 radical (unpaired) electrons. The van der Waals surface area contributed by atoms with Crippen LogP contribution in [0.25, 0.3) is 0 Å². The molecule has 0 unspecified atom stereocenters. The van der Waals surface area contributed by atoms with Crippen molar-refractivity contribution in [3.8, 4) is 0 Å². The summed E-state index contributed by atoms with van der Waals surface area (Å²) in [5.41, 5.74) is 0. The van der Waals surface area contributed by atoms with Gasteiger partial charge < -0.3 is 10.0 Å². The molecule has 0 spiro atoms. The first-order valence-electron chi connectivity index (χ1n) is 5.87. The Bertz CT molecular complexity index is 212. The van der Waals surface area contributed by atoms with Gasteiger partial charge in [-0.2, -0.15) is 0 Å². The number of hydrogen-bond donors (Lipinski definition) is 1. The number of rotatable bonds is 5. The van der Waals surface area contributed by atoms with Gasteiger partial charge in [-0.1, -0.05) is 27.7 Å². The molecular weight excluding hydrogens is 190 g/mol. The average Bonchev–Trinajstić information content (AvgIpc) is 1.98. The molecule has 3 nitrogen and oxygen atoms in total. The van der Waals surface area contributed by atoms with E-state index in [1.54, 1.807) is 0 Å². The number of carbonyl (C=O) groups is 1. The Balaban J connectivity index is 2.33. The maximum absolute atomic E-state index is 10.7. The highest BCUT2D eigenvalue weighted by molar-refractivity contribution is 5.71. The van der Waals surface area contributed by atoms with Gasteiger partial charge in [-0.25, -0.2) is 0 Å². The standard InChI is InChI=1S/C12H23NO2/c1-8(2)11(9(3)4)7-13-5-10(6-13)12(14)15/h8-11H,5-7H2,1-4H3,(H,14,15). The van der Waals surface area contributed by atoms with E-state index >= 15 is 0 Å². The lowest BCUT2D eigenvalue weighted by molar-refractivity contribution is -0.148. The van der Waals surface area contributed by atoms with Crippen LogP contribution in [0.3, 0.4) is 0 Å². The molecule has 1 N–H and O–H groups in total. The molecule has 0 atom stereocenters. The zero-order valence-electron chi connectivity index (χ0n) is 10.2. The number of likely N-dealkylation sites (tertiary alicyclic amines) is 1. The number of hydrogen-bond acceptors (Lipinski definition) is 2. The van der Waals surface area contributed by atoms with Crippen LogP contribution in [-0.4, -0.2) is 35.6 Å². The Morgan fingerprint density at radius 3 is 2.07 bits per heavy atom. The summed E-state index contributed by atoms with van der Waals surface area (Å²) in [6, 6.07) is 0. The van der Waals surface area contributed by atoms with Crippen molar-refractivity contribution in [1.82, 2.24) is 4.90 Å². The molecule has 15 heavy (non-hydrogen) atoms. The zero-order valence-corrected chi connectivity index (χ0v) is 10.2. The minimum absolute atomic E-state index is 0.120. The van der Waals surface area contributed by atoms with Crippen molar-refractivity contribution >= 4 is 5.97 Å². The predicted molar refractivity (Wildman–Crippen MR) is 60.7 cm³/mol. The molecule has 0 amide bonds. The summed E-state index contributed by atoms with van der Waals surface area (Å²) in [5.74, 6) is 1.27. The van der Waals surface area contributed by atoms with Crippen molar-refractivity contribution in [2.24, 2.45) is 23.7 Å². The number of carboxylic acids is 1. The molecule has 1 rings (SSSR count). The van der Waals surface area contributed by atoms with E-state index in [0.717, 1.165) is 19.6 Å². The molecule has 1 aliphatic rings. The first-order valence-corrected chi connectivity index (χ1v) is 5.87. The minimum atomic E-state index is -0.642. The van der Waals surface area contributed by atoms with E-state index in [4.69, 9.17) is 5.11 Å². The smallest absolute Gasteiger partial charge is 0.309 e. The summed E-state index contributed by atoms with van der Waals surface area (Å²) in [7, 11) is 0. The van der Waals surface area contributed by atoms with Gasteiger partial charge in [0.25, 0.3) is 0 Å². The fourth-order valence-electron chi connectivity index (χ4n) is 2.36.